The van der Waals surface area contributed by atoms with E-state index in [4.69, 9.17) is 5.26 Å². The Bertz CT molecular complexity index is 620. The van der Waals surface area contributed by atoms with E-state index in [0.717, 1.165) is 11.4 Å². The number of nitrogens with zero attached hydrogens (tertiary/aromatic N) is 2. The summed E-state index contributed by atoms with van der Waals surface area (Å²) in [6.45, 7) is 1.21. The SMILES string of the molecule is N#CCCN(CCC(=O)Nc1ccccc1)c1ccccc1. The maximum Gasteiger partial charge on any atom is 0.226 e. The van der Waals surface area contributed by atoms with Gasteiger partial charge in [0.1, 0.15) is 0 Å². The molecule has 0 aliphatic heterocycles. The van der Waals surface area contributed by atoms with Crippen molar-refractivity contribution in [2.45, 2.75) is 12.8 Å². The first-order valence-corrected chi connectivity index (χ1v) is 7.31. The van der Waals surface area contributed by atoms with Gasteiger partial charge in [0.15, 0.2) is 0 Å². The average Bonchev–Trinajstić information content (AvgIpc) is 2.57. The van der Waals surface area contributed by atoms with E-state index in [9.17, 15) is 4.79 Å². The molecule has 22 heavy (non-hydrogen) atoms. The van der Waals surface area contributed by atoms with Gasteiger partial charge in [-0.25, -0.2) is 0 Å². The molecule has 1 amide bonds. The van der Waals surface area contributed by atoms with Gasteiger partial charge in [-0.3, -0.25) is 4.79 Å². The van der Waals surface area contributed by atoms with Gasteiger partial charge in [0, 0.05) is 30.9 Å². The summed E-state index contributed by atoms with van der Waals surface area (Å²) in [5.41, 5.74) is 1.83. The summed E-state index contributed by atoms with van der Waals surface area (Å²) in [6.07, 6.45) is 0.824. The van der Waals surface area contributed by atoms with E-state index in [1.807, 2.05) is 60.7 Å². The lowest BCUT2D eigenvalue weighted by Crippen LogP contribution is -2.28. The Hall–Kier alpha value is -2.80. The Morgan fingerprint density at radius 3 is 2.27 bits per heavy atom. The minimum Gasteiger partial charge on any atom is -0.370 e. The molecule has 0 saturated carbocycles. The molecule has 0 bridgehead atoms. The second-order valence-corrected chi connectivity index (χ2v) is 4.89. The highest BCUT2D eigenvalue weighted by Crippen LogP contribution is 2.14. The standard InChI is InChI=1S/C18H19N3O/c19-13-7-14-21(17-10-5-2-6-11-17)15-12-18(22)20-16-8-3-1-4-9-16/h1-6,8-11H,7,12,14-15H2,(H,20,22). The Balaban J connectivity index is 1.91. The highest BCUT2D eigenvalue weighted by Gasteiger charge is 2.09. The van der Waals surface area contributed by atoms with Crippen LogP contribution in [-0.2, 0) is 4.79 Å². The van der Waals surface area contributed by atoms with Gasteiger partial charge in [-0.15, -0.1) is 0 Å². The summed E-state index contributed by atoms with van der Waals surface area (Å²) in [6, 6.07) is 21.4. The molecule has 112 valence electrons. The highest BCUT2D eigenvalue weighted by molar-refractivity contribution is 5.90. The number of benzene rings is 2. The van der Waals surface area contributed by atoms with Gasteiger partial charge >= 0.3 is 0 Å². The van der Waals surface area contributed by atoms with Crippen LogP contribution in [0.1, 0.15) is 12.8 Å². The third kappa shape index (κ3) is 4.95. The molecule has 4 nitrogen and oxygen atoms in total. The van der Waals surface area contributed by atoms with Crippen molar-refractivity contribution in [3.05, 3.63) is 60.7 Å². The van der Waals surface area contributed by atoms with E-state index in [1.54, 1.807) is 0 Å². The molecular weight excluding hydrogens is 274 g/mol. The van der Waals surface area contributed by atoms with Crippen LogP contribution in [0.4, 0.5) is 11.4 Å². The van der Waals surface area contributed by atoms with E-state index in [2.05, 4.69) is 16.3 Å². The number of nitrogens with one attached hydrogen (secondary N) is 1. The van der Waals surface area contributed by atoms with Crippen LogP contribution in [0.2, 0.25) is 0 Å². The van der Waals surface area contributed by atoms with Crippen LogP contribution >= 0.6 is 0 Å². The molecule has 2 rings (SSSR count). The van der Waals surface area contributed by atoms with E-state index in [-0.39, 0.29) is 5.91 Å². The number of carbonyl (C=O) groups is 1. The molecule has 0 aromatic heterocycles. The number of hydrogen-bond donors (Lipinski definition) is 1. The number of carbonyl (C=O) groups excluding carboxylic acids is 1. The van der Waals surface area contributed by atoms with E-state index < -0.39 is 0 Å². The Kier molecular flexibility index (Phi) is 6.01. The second-order valence-electron chi connectivity index (χ2n) is 4.89. The molecule has 0 spiro atoms. The Morgan fingerprint density at radius 2 is 1.64 bits per heavy atom. The molecule has 0 unspecified atom stereocenters. The lowest BCUT2D eigenvalue weighted by molar-refractivity contribution is -0.116. The van der Waals surface area contributed by atoms with Crippen LogP contribution in [0, 0.1) is 11.3 Å². The van der Waals surface area contributed by atoms with Gasteiger partial charge in [-0.05, 0) is 24.3 Å². The molecule has 2 aromatic rings. The summed E-state index contributed by atoms with van der Waals surface area (Å²) >= 11 is 0. The van der Waals surface area contributed by atoms with Crippen LogP contribution < -0.4 is 10.2 Å². The summed E-state index contributed by atoms with van der Waals surface area (Å²) in [5.74, 6) is -0.0240. The summed E-state index contributed by atoms with van der Waals surface area (Å²) < 4.78 is 0. The first kappa shape index (κ1) is 15.6. The van der Waals surface area contributed by atoms with E-state index >= 15 is 0 Å². The Labute approximate surface area is 131 Å². The van der Waals surface area contributed by atoms with Crippen molar-refractivity contribution in [1.82, 2.24) is 0 Å². The molecule has 0 saturated heterocycles. The van der Waals surface area contributed by atoms with Crippen molar-refractivity contribution in [3.63, 3.8) is 0 Å². The van der Waals surface area contributed by atoms with Crippen LogP contribution in [-0.4, -0.2) is 19.0 Å². The molecular formula is C18H19N3O. The fourth-order valence-corrected chi connectivity index (χ4v) is 2.18. The van der Waals surface area contributed by atoms with Gasteiger partial charge in [0.2, 0.25) is 5.91 Å². The zero-order chi connectivity index (χ0) is 15.6. The first-order valence-electron chi connectivity index (χ1n) is 7.31. The van der Waals surface area contributed by atoms with Gasteiger partial charge in [-0.1, -0.05) is 36.4 Å². The number of amides is 1. The van der Waals surface area contributed by atoms with Crippen LogP contribution in [0.5, 0.6) is 0 Å². The lowest BCUT2D eigenvalue weighted by atomic mass is 10.2. The Morgan fingerprint density at radius 1 is 1.00 bits per heavy atom. The number of rotatable bonds is 7. The van der Waals surface area contributed by atoms with E-state index in [1.165, 1.54) is 0 Å². The highest BCUT2D eigenvalue weighted by atomic mass is 16.1. The second kappa shape index (κ2) is 8.48. The third-order valence-electron chi connectivity index (χ3n) is 3.28. The van der Waals surface area contributed by atoms with Crippen molar-refractivity contribution in [3.8, 4) is 6.07 Å². The van der Waals surface area contributed by atoms with Gasteiger partial charge in [0.25, 0.3) is 0 Å². The third-order valence-corrected chi connectivity index (χ3v) is 3.28. The number of hydrogen-bond acceptors (Lipinski definition) is 3. The maximum absolute atomic E-state index is 12.0. The van der Waals surface area contributed by atoms with Crippen molar-refractivity contribution in [2.75, 3.05) is 23.3 Å². The zero-order valence-electron chi connectivity index (χ0n) is 12.4. The minimum absolute atomic E-state index is 0.0240. The van der Waals surface area contributed by atoms with Gasteiger partial charge in [-0.2, -0.15) is 5.26 Å². The van der Waals surface area contributed by atoms with Crippen LogP contribution in [0.25, 0.3) is 0 Å². The van der Waals surface area contributed by atoms with Gasteiger partial charge < -0.3 is 10.2 Å². The van der Waals surface area contributed by atoms with Crippen molar-refractivity contribution in [2.24, 2.45) is 0 Å². The zero-order valence-corrected chi connectivity index (χ0v) is 12.4. The predicted octanol–water partition coefficient (Wildman–Crippen LogP) is 3.44. The number of para-hydroxylation sites is 2. The van der Waals surface area contributed by atoms with Gasteiger partial charge in [0.05, 0.1) is 12.5 Å². The molecule has 0 radical (unpaired) electrons. The largest absolute Gasteiger partial charge is 0.370 e. The summed E-state index contributed by atoms with van der Waals surface area (Å²) in [4.78, 5) is 14.1. The van der Waals surface area contributed by atoms with Crippen LogP contribution in [0.15, 0.2) is 60.7 Å². The normalized spacial score (nSPS) is 9.77. The molecule has 0 aliphatic carbocycles. The maximum atomic E-state index is 12.0. The number of nitriles is 1. The van der Waals surface area contributed by atoms with E-state index in [0.29, 0.717) is 25.9 Å². The minimum atomic E-state index is -0.0240. The molecule has 2 aromatic carbocycles. The fraction of sp³-hybridized carbons (Fsp3) is 0.222. The summed E-state index contributed by atoms with van der Waals surface area (Å²) in [5, 5.41) is 11.7. The lowest BCUT2D eigenvalue weighted by Gasteiger charge is -2.23. The fourth-order valence-electron chi connectivity index (χ4n) is 2.18. The molecule has 0 heterocycles. The monoisotopic (exact) mass is 293 g/mol. The molecule has 1 N–H and O–H groups in total. The van der Waals surface area contributed by atoms with Crippen molar-refractivity contribution < 1.29 is 4.79 Å². The van der Waals surface area contributed by atoms with Crippen molar-refractivity contribution >= 4 is 17.3 Å². The van der Waals surface area contributed by atoms with Crippen LogP contribution in [0.3, 0.4) is 0 Å². The quantitative estimate of drug-likeness (QED) is 0.850. The molecule has 0 aliphatic rings. The number of anilines is 2. The summed E-state index contributed by atoms with van der Waals surface area (Å²) in [7, 11) is 0. The molecule has 0 atom stereocenters. The smallest absolute Gasteiger partial charge is 0.226 e. The molecule has 4 heteroatoms. The predicted molar refractivity (Wildman–Crippen MR) is 88.6 cm³/mol. The molecule has 0 fully saturated rings. The average molecular weight is 293 g/mol. The first-order chi connectivity index (χ1) is 10.8. The topological polar surface area (TPSA) is 56.1 Å². The van der Waals surface area contributed by atoms with Crippen molar-refractivity contribution in [1.29, 1.82) is 5.26 Å².